The second-order valence-electron chi connectivity index (χ2n) is 5.32. The van der Waals surface area contributed by atoms with E-state index < -0.39 is 0 Å². The van der Waals surface area contributed by atoms with Gasteiger partial charge in [0.1, 0.15) is 23.1 Å². The number of amides is 1. The van der Waals surface area contributed by atoms with Crippen LogP contribution in [0.2, 0.25) is 0 Å². The van der Waals surface area contributed by atoms with Gasteiger partial charge in [0.05, 0.1) is 18.3 Å². The summed E-state index contributed by atoms with van der Waals surface area (Å²) in [5.41, 5.74) is 2.11. The maximum absolute atomic E-state index is 12.1. The van der Waals surface area contributed by atoms with E-state index in [1.54, 1.807) is 25.3 Å². The third-order valence-corrected chi connectivity index (χ3v) is 3.47. The first-order valence-electron chi connectivity index (χ1n) is 7.59. The molecule has 1 amide bonds. The zero-order chi connectivity index (χ0) is 17.6. The van der Waals surface area contributed by atoms with Gasteiger partial charge < -0.3 is 15.2 Å². The van der Waals surface area contributed by atoms with Crippen molar-refractivity contribution in [3.63, 3.8) is 0 Å². The minimum atomic E-state index is -0.296. The van der Waals surface area contributed by atoms with Crippen molar-refractivity contribution in [1.29, 1.82) is 5.26 Å². The maximum atomic E-state index is 12.1. The number of carbonyl (C=O) groups excluding carboxylic acids is 1. The van der Waals surface area contributed by atoms with Gasteiger partial charge in [-0.3, -0.25) is 4.79 Å². The second kappa shape index (κ2) is 7.27. The molecule has 0 spiro atoms. The maximum Gasteiger partial charge on any atom is 0.230 e. The first-order valence-corrected chi connectivity index (χ1v) is 7.59. The molecule has 0 unspecified atom stereocenters. The number of hydrogen-bond donors (Lipinski definition) is 2. The van der Waals surface area contributed by atoms with E-state index in [0.29, 0.717) is 28.5 Å². The average molecular weight is 333 g/mol. The van der Waals surface area contributed by atoms with Gasteiger partial charge in [-0.25, -0.2) is 4.98 Å². The highest BCUT2D eigenvalue weighted by Crippen LogP contribution is 2.17. The van der Waals surface area contributed by atoms with Crippen LogP contribution in [0, 0.1) is 18.3 Å². The Balaban J connectivity index is 1.61. The number of benzene rings is 1. The minimum absolute atomic E-state index is 0.0375. The number of aryl methyl sites for hydroxylation is 1. The summed E-state index contributed by atoms with van der Waals surface area (Å²) in [6.07, 6.45) is 1.52. The molecule has 2 N–H and O–H groups in total. The van der Waals surface area contributed by atoms with Crippen molar-refractivity contribution in [1.82, 2.24) is 10.1 Å². The molecule has 3 rings (SSSR count). The van der Waals surface area contributed by atoms with Gasteiger partial charge in [0.15, 0.2) is 5.76 Å². The van der Waals surface area contributed by atoms with Gasteiger partial charge in [-0.1, -0.05) is 23.4 Å². The molecule has 3 aromatic rings. The molecule has 7 heteroatoms. The lowest BCUT2D eigenvalue weighted by molar-refractivity contribution is -0.115. The summed E-state index contributed by atoms with van der Waals surface area (Å²) in [5, 5.41) is 18.7. The van der Waals surface area contributed by atoms with Crippen LogP contribution in [0.5, 0.6) is 0 Å². The first-order chi connectivity index (χ1) is 12.2. The van der Waals surface area contributed by atoms with Gasteiger partial charge in [0.2, 0.25) is 5.91 Å². The van der Waals surface area contributed by atoms with E-state index in [1.165, 1.54) is 0 Å². The quantitative estimate of drug-likeness (QED) is 0.743. The largest absolute Gasteiger partial charge is 0.360 e. The summed E-state index contributed by atoms with van der Waals surface area (Å²) in [7, 11) is 0. The molecular formula is C18H15N5O2. The monoisotopic (exact) mass is 333 g/mol. The molecule has 0 radical (unpaired) electrons. The summed E-state index contributed by atoms with van der Waals surface area (Å²) >= 11 is 0. The van der Waals surface area contributed by atoms with E-state index in [-0.39, 0.29) is 12.3 Å². The van der Waals surface area contributed by atoms with Crippen LogP contribution in [0.4, 0.5) is 17.2 Å². The van der Waals surface area contributed by atoms with Gasteiger partial charge >= 0.3 is 0 Å². The van der Waals surface area contributed by atoms with E-state index in [1.807, 2.05) is 36.4 Å². The summed E-state index contributed by atoms with van der Waals surface area (Å²) in [6.45, 7) is 1.63. The molecule has 0 bridgehead atoms. The van der Waals surface area contributed by atoms with Crippen molar-refractivity contribution in [3.8, 4) is 6.07 Å². The summed E-state index contributed by atoms with van der Waals surface area (Å²) in [5.74, 6) is 0.779. The molecule has 0 fully saturated rings. The summed E-state index contributed by atoms with van der Waals surface area (Å²) in [6, 6.07) is 15.2. The number of hydrogen-bond acceptors (Lipinski definition) is 6. The minimum Gasteiger partial charge on any atom is -0.360 e. The number of rotatable bonds is 5. The molecule has 0 aliphatic heterocycles. The SMILES string of the molecule is Cc1onc(CC(=O)Nc2ccc(Nc3ccccc3)nc2)c1C#N. The van der Waals surface area contributed by atoms with Gasteiger partial charge in [0.25, 0.3) is 0 Å². The number of para-hydroxylation sites is 1. The fourth-order valence-electron chi connectivity index (χ4n) is 2.25. The lowest BCUT2D eigenvalue weighted by Crippen LogP contribution is -2.15. The molecule has 0 aliphatic rings. The number of carbonyl (C=O) groups is 1. The topological polar surface area (TPSA) is 104 Å². The highest BCUT2D eigenvalue weighted by atomic mass is 16.5. The van der Waals surface area contributed by atoms with Crippen LogP contribution in [0.25, 0.3) is 0 Å². The predicted molar refractivity (Wildman–Crippen MR) is 92.3 cm³/mol. The standard InChI is InChI=1S/C18H15N5O2/c1-12-15(10-19)16(23-25-12)9-18(24)22-14-7-8-17(20-11-14)21-13-5-3-2-4-6-13/h2-8,11H,9H2,1H3,(H,20,21)(H,22,24). The number of nitrogens with zero attached hydrogens (tertiary/aromatic N) is 3. The average Bonchev–Trinajstić information content (AvgIpc) is 2.97. The highest BCUT2D eigenvalue weighted by molar-refractivity contribution is 5.92. The summed E-state index contributed by atoms with van der Waals surface area (Å²) in [4.78, 5) is 16.3. The Morgan fingerprint density at radius 3 is 2.68 bits per heavy atom. The van der Waals surface area contributed by atoms with Crippen molar-refractivity contribution >= 4 is 23.1 Å². The highest BCUT2D eigenvalue weighted by Gasteiger charge is 2.15. The molecule has 124 valence electrons. The van der Waals surface area contributed by atoms with Crippen molar-refractivity contribution in [2.75, 3.05) is 10.6 Å². The van der Waals surface area contributed by atoms with E-state index in [9.17, 15) is 4.79 Å². The zero-order valence-corrected chi connectivity index (χ0v) is 13.5. The van der Waals surface area contributed by atoms with Crippen LogP contribution in [0.15, 0.2) is 53.2 Å². The van der Waals surface area contributed by atoms with Crippen LogP contribution in [-0.2, 0) is 11.2 Å². The van der Waals surface area contributed by atoms with Crippen LogP contribution in [0.3, 0.4) is 0 Å². The number of nitriles is 1. The smallest absolute Gasteiger partial charge is 0.230 e. The van der Waals surface area contributed by atoms with Gasteiger partial charge in [-0.15, -0.1) is 0 Å². The second-order valence-corrected chi connectivity index (χ2v) is 5.32. The lowest BCUT2D eigenvalue weighted by atomic mass is 10.1. The number of anilines is 3. The van der Waals surface area contributed by atoms with Gasteiger partial charge in [-0.2, -0.15) is 5.26 Å². The Morgan fingerprint density at radius 1 is 1.20 bits per heavy atom. The fourth-order valence-corrected chi connectivity index (χ4v) is 2.25. The van der Waals surface area contributed by atoms with Gasteiger partial charge in [-0.05, 0) is 31.2 Å². The van der Waals surface area contributed by atoms with Crippen LogP contribution < -0.4 is 10.6 Å². The Labute approximate surface area is 144 Å². The predicted octanol–water partition coefficient (Wildman–Crippen LogP) is 3.17. The molecule has 7 nitrogen and oxygen atoms in total. The van der Waals surface area contributed by atoms with Crippen molar-refractivity contribution in [3.05, 3.63) is 65.7 Å². The summed E-state index contributed by atoms with van der Waals surface area (Å²) < 4.78 is 4.94. The third-order valence-electron chi connectivity index (χ3n) is 3.47. The molecule has 1 aromatic carbocycles. The fraction of sp³-hybridized carbons (Fsp3) is 0.111. The molecule has 0 saturated carbocycles. The van der Waals surface area contributed by atoms with Crippen molar-refractivity contribution < 1.29 is 9.32 Å². The lowest BCUT2D eigenvalue weighted by Gasteiger charge is -2.07. The van der Waals surface area contributed by atoms with E-state index in [0.717, 1.165) is 5.69 Å². The number of pyridine rings is 1. The normalized spacial score (nSPS) is 10.1. The molecule has 2 aromatic heterocycles. The van der Waals surface area contributed by atoms with Crippen molar-refractivity contribution in [2.45, 2.75) is 13.3 Å². The first kappa shape index (κ1) is 16.2. The number of aromatic nitrogens is 2. The molecule has 25 heavy (non-hydrogen) atoms. The van der Waals surface area contributed by atoms with Crippen molar-refractivity contribution in [2.24, 2.45) is 0 Å². The third kappa shape index (κ3) is 4.00. The van der Waals surface area contributed by atoms with E-state index in [4.69, 9.17) is 9.78 Å². The van der Waals surface area contributed by atoms with Crippen LogP contribution in [0.1, 0.15) is 17.0 Å². The Kier molecular flexibility index (Phi) is 4.72. The Morgan fingerprint density at radius 2 is 2.00 bits per heavy atom. The molecule has 2 heterocycles. The van der Waals surface area contributed by atoms with Crippen LogP contribution >= 0.6 is 0 Å². The van der Waals surface area contributed by atoms with Crippen LogP contribution in [-0.4, -0.2) is 16.0 Å². The molecule has 0 saturated heterocycles. The van der Waals surface area contributed by atoms with E-state index in [2.05, 4.69) is 20.8 Å². The van der Waals surface area contributed by atoms with E-state index >= 15 is 0 Å². The number of nitrogens with one attached hydrogen (secondary N) is 2. The zero-order valence-electron chi connectivity index (χ0n) is 13.5. The van der Waals surface area contributed by atoms with Gasteiger partial charge in [0, 0.05) is 5.69 Å². The Bertz CT molecular complexity index is 911. The molecule has 0 aliphatic carbocycles. The molecule has 0 atom stereocenters. The Hall–Kier alpha value is -3.66. The molecular weight excluding hydrogens is 318 g/mol.